The Bertz CT molecular complexity index is 1540. The first kappa shape index (κ1) is 22.4. The molecule has 0 radical (unpaired) electrons. The molecule has 4 aromatic rings. The number of carbonyl (C=O) groups is 1. The lowest BCUT2D eigenvalue weighted by atomic mass is 10.2. The van der Waals surface area contributed by atoms with Gasteiger partial charge in [0.25, 0.3) is 5.56 Å². The minimum absolute atomic E-state index is 0.165. The predicted molar refractivity (Wildman–Crippen MR) is 128 cm³/mol. The average molecular weight is 477 g/mol. The zero-order valence-corrected chi connectivity index (χ0v) is 19.5. The lowest BCUT2D eigenvalue weighted by Gasteiger charge is -2.20. The van der Waals surface area contributed by atoms with Gasteiger partial charge < -0.3 is 14.8 Å². The van der Waals surface area contributed by atoms with E-state index in [0.717, 1.165) is 24.0 Å². The Morgan fingerprint density at radius 3 is 2.60 bits per heavy atom. The highest BCUT2D eigenvalue weighted by molar-refractivity contribution is 5.90. The fourth-order valence-electron chi connectivity index (χ4n) is 4.24. The molecule has 0 aliphatic carbocycles. The maximum absolute atomic E-state index is 12.7. The van der Waals surface area contributed by atoms with E-state index in [2.05, 4.69) is 42.1 Å². The number of aromatic nitrogens is 8. The summed E-state index contributed by atoms with van der Waals surface area (Å²) >= 11 is 0. The van der Waals surface area contributed by atoms with Crippen molar-refractivity contribution in [1.29, 1.82) is 0 Å². The molecule has 1 amide bonds. The predicted octanol–water partition coefficient (Wildman–Crippen LogP) is 0.308. The third kappa shape index (κ3) is 4.05. The summed E-state index contributed by atoms with van der Waals surface area (Å²) < 4.78 is 3.65. The quantitative estimate of drug-likeness (QED) is 0.430. The van der Waals surface area contributed by atoms with Crippen molar-refractivity contribution in [2.24, 2.45) is 14.1 Å². The zero-order chi connectivity index (χ0) is 24.7. The Labute approximate surface area is 199 Å². The first-order valence-corrected chi connectivity index (χ1v) is 11.2. The number of hydrogen-bond acceptors (Lipinski definition) is 9. The van der Waals surface area contributed by atoms with Crippen LogP contribution in [0.4, 0.5) is 11.8 Å². The van der Waals surface area contributed by atoms with Crippen LogP contribution >= 0.6 is 0 Å². The molecule has 1 N–H and O–H groups in total. The van der Waals surface area contributed by atoms with E-state index in [-0.39, 0.29) is 17.7 Å². The smallest absolute Gasteiger partial charge is 0.332 e. The number of carbonyl (C=O) groups excluding carboxylic acids is 1. The van der Waals surface area contributed by atoms with Gasteiger partial charge in [0, 0.05) is 45.3 Å². The molecule has 0 spiro atoms. The van der Waals surface area contributed by atoms with Crippen LogP contribution in [0, 0.1) is 0 Å². The summed E-state index contributed by atoms with van der Waals surface area (Å²) in [7, 11) is 2.90. The Balaban J connectivity index is 1.33. The monoisotopic (exact) mass is 476 g/mol. The van der Waals surface area contributed by atoms with E-state index in [4.69, 9.17) is 0 Å². The van der Waals surface area contributed by atoms with E-state index in [0.29, 0.717) is 29.2 Å². The fraction of sp³-hybridized carbons (Fsp3) is 0.364. The molecule has 13 nitrogen and oxygen atoms in total. The van der Waals surface area contributed by atoms with Gasteiger partial charge in [-0.1, -0.05) is 0 Å². The Morgan fingerprint density at radius 2 is 1.89 bits per heavy atom. The van der Waals surface area contributed by atoms with Crippen molar-refractivity contribution in [2.45, 2.75) is 32.4 Å². The summed E-state index contributed by atoms with van der Waals surface area (Å²) in [4.78, 5) is 61.3. The van der Waals surface area contributed by atoms with Gasteiger partial charge in [0.2, 0.25) is 11.9 Å². The number of rotatable bonds is 5. The highest BCUT2D eigenvalue weighted by atomic mass is 16.2. The van der Waals surface area contributed by atoms with E-state index >= 15 is 0 Å². The molecule has 1 saturated heterocycles. The highest BCUT2D eigenvalue weighted by Crippen LogP contribution is 2.23. The van der Waals surface area contributed by atoms with Crippen molar-refractivity contribution in [3.05, 3.63) is 51.8 Å². The Morgan fingerprint density at radius 1 is 1.11 bits per heavy atom. The average Bonchev–Trinajstić information content (AvgIpc) is 3.48. The normalized spacial score (nSPS) is 15.6. The van der Waals surface area contributed by atoms with Crippen molar-refractivity contribution in [3.8, 4) is 11.4 Å². The molecule has 4 aromatic heterocycles. The second kappa shape index (κ2) is 8.74. The van der Waals surface area contributed by atoms with Crippen LogP contribution < -0.4 is 21.5 Å². The van der Waals surface area contributed by atoms with Crippen molar-refractivity contribution >= 4 is 28.8 Å². The van der Waals surface area contributed by atoms with Gasteiger partial charge in [-0.05, 0) is 25.8 Å². The van der Waals surface area contributed by atoms with Crippen molar-refractivity contribution in [2.75, 3.05) is 16.8 Å². The number of hydrogen-bond donors (Lipinski definition) is 1. The molecule has 1 atom stereocenters. The molecule has 5 heterocycles. The molecule has 180 valence electrons. The van der Waals surface area contributed by atoms with Gasteiger partial charge in [-0.25, -0.2) is 29.7 Å². The van der Waals surface area contributed by atoms with Crippen molar-refractivity contribution in [1.82, 2.24) is 38.6 Å². The molecule has 0 saturated carbocycles. The molecule has 1 aliphatic rings. The summed E-state index contributed by atoms with van der Waals surface area (Å²) in [5.74, 6) is 0.932. The van der Waals surface area contributed by atoms with E-state index in [1.54, 1.807) is 18.5 Å². The molecule has 0 unspecified atom stereocenters. The summed E-state index contributed by atoms with van der Waals surface area (Å²) in [6.07, 6.45) is 8.48. The molecular formula is C22H24N10O3. The minimum Gasteiger partial charge on any atom is -0.338 e. The van der Waals surface area contributed by atoms with Gasteiger partial charge in [0.15, 0.2) is 17.0 Å². The molecule has 13 heteroatoms. The zero-order valence-electron chi connectivity index (χ0n) is 19.5. The molecule has 1 aliphatic heterocycles. The number of amides is 1. The van der Waals surface area contributed by atoms with Crippen LogP contribution in [0.3, 0.4) is 0 Å². The SMILES string of the molecule is C[C@@H]1CCCN1c1ncc(-c2nccc(NC(=O)Cn3cnc4c3c(=O)n(C)c(=O)n4C)n2)cn1. The topological polar surface area (TPSA) is 146 Å². The van der Waals surface area contributed by atoms with Gasteiger partial charge in [0.1, 0.15) is 12.4 Å². The van der Waals surface area contributed by atoms with E-state index in [1.807, 2.05) is 0 Å². The third-order valence-electron chi connectivity index (χ3n) is 6.16. The molecule has 5 rings (SSSR count). The largest absolute Gasteiger partial charge is 0.338 e. The summed E-state index contributed by atoms with van der Waals surface area (Å²) in [6, 6.07) is 1.98. The van der Waals surface area contributed by atoms with Crippen LogP contribution in [0.15, 0.2) is 40.6 Å². The van der Waals surface area contributed by atoms with Gasteiger partial charge in [-0.15, -0.1) is 0 Å². The van der Waals surface area contributed by atoms with Crippen LogP contribution in [0.2, 0.25) is 0 Å². The Kier molecular flexibility index (Phi) is 5.59. The van der Waals surface area contributed by atoms with Crippen molar-refractivity contribution < 1.29 is 4.79 Å². The van der Waals surface area contributed by atoms with Crippen LogP contribution in [-0.4, -0.2) is 57.1 Å². The van der Waals surface area contributed by atoms with Gasteiger partial charge >= 0.3 is 5.69 Å². The lowest BCUT2D eigenvalue weighted by Crippen LogP contribution is -2.37. The summed E-state index contributed by atoms with van der Waals surface area (Å²) in [5.41, 5.74) is -0.0106. The maximum Gasteiger partial charge on any atom is 0.332 e. The van der Waals surface area contributed by atoms with Crippen molar-refractivity contribution in [3.63, 3.8) is 0 Å². The third-order valence-corrected chi connectivity index (χ3v) is 6.16. The lowest BCUT2D eigenvalue weighted by molar-refractivity contribution is -0.116. The maximum atomic E-state index is 12.7. The fourth-order valence-corrected chi connectivity index (χ4v) is 4.24. The summed E-state index contributed by atoms with van der Waals surface area (Å²) in [6.45, 7) is 2.91. The van der Waals surface area contributed by atoms with E-state index < -0.39 is 17.2 Å². The molecule has 0 aromatic carbocycles. The second-order valence-corrected chi connectivity index (χ2v) is 8.52. The number of imidazole rings is 1. The first-order chi connectivity index (χ1) is 16.8. The molecular weight excluding hydrogens is 452 g/mol. The van der Waals surface area contributed by atoms with E-state index in [1.165, 1.54) is 35.8 Å². The van der Waals surface area contributed by atoms with Gasteiger partial charge in [-0.2, -0.15) is 0 Å². The highest BCUT2D eigenvalue weighted by Gasteiger charge is 2.22. The van der Waals surface area contributed by atoms with Crippen LogP contribution in [0.5, 0.6) is 0 Å². The summed E-state index contributed by atoms with van der Waals surface area (Å²) in [5, 5.41) is 2.71. The number of nitrogens with one attached hydrogen (secondary N) is 1. The number of fused-ring (bicyclic) bond motifs is 1. The molecule has 35 heavy (non-hydrogen) atoms. The first-order valence-electron chi connectivity index (χ1n) is 11.2. The Hall–Kier alpha value is -4.42. The minimum atomic E-state index is -0.524. The van der Waals surface area contributed by atoms with Gasteiger partial charge in [-0.3, -0.25) is 18.7 Å². The number of aryl methyl sites for hydroxylation is 1. The van der Waals surface area contributed by atoms with Crippen LogP contribution in [-0.2, 0) is 25.4 Å². The molecule has 0 bridgehead atoms. The van der Waals surface area contributed by atoms with Crippen LogP contribution in [0.1, 0.15) is 19.8 Å². The number of nitrogens with zero attached hydrogens (tertiary/aromatic N) is 9. The van der Waals surface area contributed by atoms with Crippen LogP contribution in [0.25, 0.3) is 22.6 Å². The molecule has 1 fully saturated rings. The van der Waals surface area contributed by atoms with E-state index in [9.17, 15) is 14.4 Å². The standard InChI is InChI=1S/C22H24N10O3/c1-13-5-4-8-32(13)21-24-9-14(10-25-21)18-23-7-6-15(28-18)27-16(33)11-31-12-26-19-17(31)20(34)30(3)22(35)29(19)2/h6-7,9-10,12-13H,4-5,8,11H2,1-3H3,(H,23,27,28,33)/t13-/m1/s1. The number of anilines is 2. The van der Waals surface area contributed by atoms with Gasteiger partial charge in [0.05, 0.1) is 11.9 Å². The second-order valence-electron chi connectivity index (χ2n) is 8.52.